The number of allylic oxidation sites excluding steroid dienone is 8. The molecule has 5 aliphatic carbocycles. The zero-order chi connectivity index (χ0) is 34.6. The topological polar surface area (TPSA) is 25.8 Å². The molecule has 0 N–H and O–H groups in total. The molecule has 5 aliphatic rings. The summed E-state index contributed by atoms with van der Waals surface area (Å²) in [4.78, 5) is 10.7. The third-order valence-corrected chi connectivity index (χ3v) is 14.4. The van der Waals surface area contributed by atoms with Gasteiger partial charge in [0.1, 0.15) is 5.82 Å². The predicted octanol–water partition coefficient (Wildman–Crippen LogP) is 13.2. The van der Waals surface area contributed by atoms with Crippen molar-refractivity contribution in [3.05, 3.63) is 161 Å². The molecule has 2 unspecified atom stereocenters. The third kappa shape index (κ3) is 4.29. The number of nitrogens with zero attached hydrogens (tertiary/aromatic N) is 2. The fraction of sp³-hybridized carbons (Fsp3) is 0.265. The van der Waals surface area contributed by atoms with Gasteiger partial charge in [0.15, 0.2) is 0 Å². The molecule has 0 bridgehead atoms. The molecule has 1 spiro atoms. The van der Waals surface area contributed by atoms with Crippen LogP contribution in [0.2, 0.25) is 0 Å². The second-order valence-electron chi connectivity index (χ2n) is 16.3. The minimum atomic E-state index is 0.0367. The average Bonchev–Trinajstić information content (AvgIpc) is 3.78. The predicted molar refractivity (Wildman–Crippen MR) is 218 cm³/mol. The number of thiophene rings is 1. The number of fused-ring (bicyclic) bond motifs is 10. The van der Waals surface area contributed by atoms with E-state index in [1.807, 2.05) is 11.3 Å². The lowest BCUT2D eigenvalue weighted by atomic mass is 9.64. The maximum atomic E-state index is 5.40. The molecular formula is C49H42N2S. The summed E-state index contributed by atoms with van der Waals surface area (Å²) in [5, 5.41) is 1.22. The molecule has 1 fully saturated rings. The molecule has 0 amide bonds. The van der Waals surface area contributed by atoms with Crippen LogP contribution < -0.4 is 0 Å². The highest BCUT2D eigenvalue weighted by Gasteiger charge is 2.52. The van der Waals surface area contributed by atoms with Crippen molar-refractivity contribution in [1.82, 2.24) is 9.97 Å². The van der Waals surface area contributed by atoms with Crippen LogP contribution in [0.3, 0.4) is 0 Å². The average molecular weight is 691 g/mol. The maximum absolute atomic E-state index is 5.40. The minimum Gasteiger partial charge on any atom is -0.231 e. The smallest absolute Gasteiger partial charge is 0.136 e. The van der Waals surface area contributed by atoms with E-state index in [2.05, 4.69) is 135 Å². The van der Waals surface area contributed by atoms with Gasteiger partial charge in [-0.15, -0.1) is 11.3 Å². The monoisotopic (exact) mass is 690 g/mol. The molecule has 3 heteroatoms. The molecule has 0 radical (unpaired) electrons. The van der Waals surface area contributed by atoms with Crippen LogP contribution in [0, 0.1) is 0 Å². The van der Waals surface area contributed by atoms with E-state index in [9.17, 15) is 0 Å². The van der Waals surface area contributed by atoms with Crippen molar-refractivity contribution in [2.24, 2.45) is 0 Å². The Morgan fingerprint density at radius 1 is 0.750 bits per heavy atom. The molecule has 6 aromatic rings. The van der Waals surface area contributed by atoms with Crippen LogP contribution in [0.1, 0.15) is 98.7 Å². The molecule has 52 heavy (non-hydrogen) atoms. The van der Waals surface area contributed by atoms with Crippen LogP contribution in [0.5, 0.6) is 0 Å². The summed E-state index contributed by atoms with van der Waals surface area (Å²) >= 11 is 1.82. The first kappa shape index (κ1) is 30.7. The molecule has 2 aromatic heterocycles. The van der Waals surface area contributed by atoms with Gasteiger partial charge in [-0.05, 0) is 76.8 Å². The molecule has 2 heterocycles. The van der Waals surface area contributed by atoms with Gasteiger partial charge in [0.2, 0.25) is 0 Å². The molecule has 2 atom stereocenters. The lowest BCUT2D eigenvalue weighted by molar-refractivity contribution is 0.341. The summed E-state index contributed by atoms with van der Waals surface area (Å²) in [6, 6.07) is 34.5. The van der Waals surface area contributed by atoms with E-state index < -0.39 is 0 Å². The normalized spacial score (nSPS) is 22.1. The van der Waals surface area contributed by atoms with Crippen molar-refractivity contribution in [2.45, 2.75) is 81.5 Å². The van der Waals surface area contributed by atoms with Gasteiger partial charge in [0.25, 0.3) is 0 Å². The Kier molecular flexibility index (Phi) is 6.69. The summed E-state index contributed by atoms with van der Waals surface area (Å²) in [7, 11) is 0. The number of aromatic nitrogens is 2. The van der Waals surface area contributed by atoms with Crippen molar-refractivity contribution in [3.63, 3.8) is 0 Å². The highest BCUT2D eigenvalue weighted by atomic mass is 32.1. The summed E-state index contributed by atoms with van der Waals surface area (Å²) in [6.45, 7) is 4.91. The van der Waals surface area contributed by atoms with Crippen LogP contribution in [0.15, 0.2) is 133 Å². The van der Waals surface area contributed by atoms with Crippen LogP contribution >= 0.6 is 11.3 Å². The van der Waals surface area contributed by atoms with E-state index in [0.717, 1.165) is 29.9 Å². The fourth-order valence-corrected chi connectivity index (χ4v) is 12.0. The molecule has 2 nitrogen and oxygen atoms in total. The quantitative estimate of drug-likeness (QED) is 0.185. The van der Waals surface area contributed by atoms with Crippen molar-refractivity contribution >= 4 is 37.2 Å². The molecule has 11 rings (SSSR count). The van der Waals surface area contributed by atoms with Crippen LogP contribution in [0.4, 0.5) is 0 Å². The largest absolute Gasteiger partial charge is 0.231 e. The number of hydrogen-bond donors (Lipinski definition) is 0. The van der Waals surface area contributed by atoms with Crippen LogP contribution in [-0.2, 0) is 10.8 Å². The zero-order valence-corrected chi connectivity index (χ0v) is 30.8. The molecule has 4 aromatic carbocycles. The van der Waals surface area contributed by atoms with Gasteiger partial charge < -0.3 is 0 Å². The second-order valence-corrected chi connectivity index (χ2v) is 17.3. The van der Waals surface area contributed by atoms with Crippen molar-refractivity contribution in [3.8, 4) is 22.4 Å². The van der Waals surface area contributed by atoms with Gasteiger partial charge in [-0.3, -0.25) is 0 Å². The van der Waals surface area contributed by atoms with E-state index in [0.29, 0.717) is 5.92 Å². The summed E-state index contributed by atoms with van der Waals surface area (Å²) in [5.41, 5.74) is 17.2. The van der Waals surface area contributed by atoms with E-state index >= 15 is 0 Å². The summed E-state index contributed by atoms with van der Waals surface area (Å²) < 4.78 is 2.44. The Balaban J connectivity index is 1.09. The molecule has 0 aliphatic heterocycles. The molecule has 1 saturated carbocycles. The van der Waals surface area contributed by atoms with Gasteiger partial charge in [-0.2, -0.15) is 0 Å². The fourth-order valence-electron chi connectivity index (χ4n) is 10.8. The van der Waals surface area contributed by atoms with Crippen molar-refractivity contribution < 1.29 is 0 Å². The molecular weight excluding hydrogens is 649 g/mol. The van der Waals surface area contributed by atoms with Gasteiger partial charge in [-0.25, -0.2) is 9.97 Å². The number of hydrogen-bond acceptors (Lipinski definition) is 3. The first-order valence-corrected chi connectivity index (χ1v) is 20.2. The van der Waals surface area contributed by atoms with E-state index in [4.69, 9.17) is 9.97 Å². The van der Waals surface area contributed by atoms with E-state index in [1.54, 1.807) is 22.3 Å². The number of benzene rings is 4. The standard InChI is InChI=1S/C49H42N2S/c1-48(2)38-22-9-7-19-34(38)36-28-41-37(29-40(36)48)43-33(21-14-23-39(43)49(41)25-11-4-12-26-49)31-17-13-18-32(27-31)44-46-45(35-20-8-10-24-42(35)52-46)51-47(50-44)30-15-5-3-6-16-30/h3,5-10,13-15,17-24,27-28,30,37H,4,11-12,16,25-26,29H2,1-2H3. The molecule has 254 valence electrons. The first-order valence-electron chi connectivity index (χ1n) is 19.3. The lowest BCUT2D eigenvalue weighted by Crippen LogP contribution is -2.30. The summed E-state index contributed by atoms with van der Waals surface area (Å²) in [5.74, 6) is 1.50. The van der Waals surface area contributed by atoms with Crippen molar-refractivity contribution in [2.75, 3.05) is 0 Å². The van der Waals surface area contributed by atoms with Crippen LogP contribution in [0.25, 0.3) is 48.3 Å². The SMILES string of the molecule is CC1(C)C2=C(C=C3C(C2)c2c(-c4cccc(-c5nc(C6C=CC=CC6)nc6c5sc5ccccc56)c4)cccc2C32CCCCC2)c2ccccc21. The van der Waals surface area contributed by atoms with Crippen LogP contribution in [-0.4, -0.2) is 9.97 Å². The maximum Gasteiger partial charge on any atom is 0.136 e. The first-order chi connectivity index (χ1) is 25.5. The Bertz CT molecular complexity index is 2600. The van der Waals surface area contributed by atoms with E-state index in [1.165, 1.54) is 80.3 Å². The molecule has 0 saturated heterocycles. The summed E-state index contributed by atoms with van der Waals surface area (Å²) in [6.07, 6.45) is 20.0. The lowest BCUT2D eigenvalue weighted by Gasteiger charge is -2.39. The minimum absolute atomic E-state index is 0.0367. The second kappa shape index (κ2) is 11.3. The Hall–Kier alpha value is -4.86. The van der Waals surface area contributed by atoms with Gasteiger partial charge >= 0.3 is 0 Å². The highest BCUT2D eigenvalue weighted by molar-refractivity contribution is 7.26. The Morgan fingerprint density at radius 2 is 1.54 bits per heavy atom. The van der Waals surface area contributed by atoms with Gasteiger partial charge in [-0.1, -0.05) is 153 Å². The Morgan fingerprint density at radius 3 is 2.42 bits per heavy atom. The van der Waals surface area contributed by atoms with Crippen molar-refractivity contribution in [1.29, 1.82) is 0 Å². The van der Waals surface area contributed by atoms with E-state index in [-0.39, 0.29) is 16.7 Å². The van der Waals surface area contributed by atoms with Gasteiger partial charge in [0.05, 0.1) is 15.9 Å². The Labute approximate surface area is 310 Å². The third-order valence-electron chi connectivity index (χ3n) is 13.3. The zero-order valence-electron chi connectivity index (χ0n) is 30.0. The highest BCUT2D eigenvalue weighted by Crippen LogP contribution is 2.65. The van der Waals surface area contributed by atoms with Gasteiger partial charge in [0, 0.05) is 38.3 Å². The number of rotatable bonds is 3.